The summed E-state index contributed by atoms with van der Waals surface area (Å²) in [4.78, 5) is 11.9. The summed E-state index contributed by atoms with van der Waals surface area (Å²) in [5.41, 5.74) is 0.659. The molecule has 0 bridgehead atoms. The van der Waals surface area contributed by atoms with Crippen molar-refractivity contribution in [3.8, 4) is 0 Å². The van der Waals surface area contributed by atoms with Crippen LogP contribution in [0.2, 0.25) is 5.02 Å². The Kier molecular flexibility index (Phi) is 6.32. The third kappa shape index (κ3) is 5.21. The number of aryl methyl sites for hydroxylation is 1. The van der Waals surface area contributed by atoms with Gasteiger partial charge in [0, 0.05) is 23.6 Å². The van der Waals surface area contributed by atoms with Gasteiger partial charge in [0.1, 0.15) is 0 Å². The molecule has 0 aromatic heterocycles. The molecule has 106 valence electrons. The van der Waals surface area contributed by atoms with Gasteiger partial charge in [0.25, 0.3) is 0 Å². The molecule has 0 aliphatic heterocycles. The van der Waals surface area contributed by atoms with Crippen molar-refractivity contribution >= 4 is 17.5 Å². The molecule has 0 fully saturated rings. The van der Waals surface area contributed by atoms with E-state index in [1.54, 1.807) is 0 Å². The smallest absolute Gasteiger partial charge is 0.220 e. The average molecular weight is 284 g/mol. The highest BCUT2D eigenvalue weighted by Gasteiger charge is 2.23. The Morgan fingerprint density at radius 2 is 2.11 bits per heavy atom. The van der Waals surface area contributed by atoms with Crippen LogP contribution in [0, 0.1) is 0 Å². The van der Waals surface area contributed by atoms with Gasteiger partial charge in [-0.3, -0.25) is 4.79 Å². The van der Waals surface area contributed by atoms with Crippen LogP contribution in [0.5, 0.6) is 0 Å². The largest absolute Gasteiger partial charge is 0.396 e. The first-order valence-corrected chi connectivity index (χ1v) is 7.04. The van der Waals surface area contributed by atoms with Gasteiger partial charge in [-0.25, -0.2) is 0 Å². The van der Waals surface area contributed by atoms with Gasteiger partial charge < -0.3 is 10.4 Å². The topological polar surface area (TPSA) is 49.3 Å². The summed E-state index contributed by atoms with van der Waals surface area (Å²) < 4.78 is 0. The molecule has 3 nitrogen and oxygen atoms in total. The Balaban J connectivity index is 2.50. The zero-order valence-corrected chi connectivity index (χ0v) is 12.3. The van der Waals surface area contributed by atoms with Crippen LogP contribution in [0.25, 0.3) is 0 Å². The first-order valence-electron chi connectivity index (χ1n) is 6.66. The molecule has 2 N–H and O–H groups in total. The summed E-state index contributed by atoms with van der Waals surface area (Å²) in [6, 6.07) is 7.56. The molecule has 0 radical (unpaired) electrons. The molecule has 0 saturated heterocycles. The summed E-state index contributed by atoms with van der Waals surface area (Å²) >= 11 is 6.05. The lowest BCUT2D eigenvalue weighted by Crippen LogP contribution is -2.46. The molecule has 0 aliphatic rings. The third-order valence-electron chi connectivity index (χ3n) is 3.46. The van der Waals surface area contributed by atoms with Crippen LogP contribution in [0.15, 0.2) is 24.3 Å². The van der Waals surface area contributed by atoms with E-state index in [0.29, 0.717) is 24.3 Å². The summed E-state index contributed by atoms with van der Waals surface area (Å²) in [5, 5.41) is 12.7. The van der Waals surface area contributed by atoms with Gasteiger partial charge in [0.05, 0.1) is 0 Å². The fraction of sp³-hybridized carbons (Fsp3) is 0.533. The van der Waals surface area contributed by atoms with Crippen molar-refractivity contribution in [2.45, 2.75) is 45.1 Å². The molecule has 19 heavy (non-hydrogen) atoms. The first kappa shape index (κ1) is 16.0. The number of hydrogen-bond donors (Lipinski definition) is 2. The Bertz CT molecular complexity index is 422. The second kappa shape index (κ2) is 7.51. The number of rotatable bonds is 7. The van der Waals surface area contributed by atoms with E-state index in [-0.39, 0.29) is 18.1 Å². The van der Waals surface area contributed by atoms with Crippen molar-refractivity contribution in [2.75, 3.05) is 6.61 Å². The number of amides is 1. The number of hydrogen-bond acceptors (Lipinski definition) is 2. The number of aliphatic hydroxyl groups excluding tert-OH is 1. The van der Waals surface area contributed by atoms with Gasteiger partial charge >= 0.3 is 0 Å². The number of benzene rings is 1. The first-order chi connectivity index (χ1) is 9.00. The Labute approximate surface area is 120 Å². The number of carbonyl (C=O) groups is 1. The minimum Gasteiger partial charge on any atom is -0.396 e. The highest BCUT2D eigenvalue weighted by atomic mass is 35.5. The predicted molar refractivity (Wildman–Crippen MR) is 78.3 cm³/mol. The van der Waals surface area contributed by atoms with Gasteiger partial charge in [-0.1, -0.05) is 36.7 Å². The third-order valence-corrected chi connectivity index (χ3v) is 3.83. The number of aliphatic hydroxyl groups is 1. The van der Waals surface area contributed by atoms with Gasteiger partial charge in [-0.15, -0.1) is 0 Å². The van der Waals surface area contributed by atoms with E-state index in [0.717, 1.165) is 12.0 Å². The van der Waals surface area contributed by atoms with Crippen LogP contribution >= 0.6 is 11.6 Å². The molecule has 0 heterocycles. The molecule has 1 aromatic rings. The molecule has 1 atom stereocenters. The fourth-order valence-corrected chi connectivity index (χ4v) is 2.15. The molecule has 0 saturated carbocycles. The van der Waals surface area contributed by atoms with Crippen LogP contribution < -0.4 is 5.32 Å². The summed E-state index contributed by atoms with van der Waals surface area (Å²) in [6.07, 6.45) is 2.40. The van der Waals surface area contributed by atoms with E-state index in [9.17, 15) is 4.79 Å². The SMILES string of the molecule is CCC(C)(CCO)NC(=O)CCc1ccccc1Cl. The standard InChI is InChI=1S/C15H22ClNO2/c1-3-15(2,10-11-18)17-14(19)9-8-12-6-4-5-7-13(12)16/h4-7,18H,3,8-11H2,1-2H3,(H,17,19). The van der Waals surface area contributed by atoms with E-state index in [2.05, 4.69) is 5.32 Å². The summed E-state index contributed by atoms with van der Waals surface area (Å²) in [5.74, 6) is -0.00211. The van der Waals surface area contributed by atoms with Crippen molar-refractivity contribution in [1.29, 1.82) is 0 Å². The fourth-order valence-electron chi connectivity index (χ4n) is 1.92. The number of nitrogens with one attached hydrogen (secondary N) is 1. The van der Waals surface area contributed by atoms with Gasteiger partial charge in [-0.2, -0.15) is 0 Å². The monoisotopic (exact) mass is 283 g/mol. The van der Waals surface area contributed by atoms with Crippen LogP contribution in [0.3, 0.4) is 0 Å². The van der Waals surface area contributed by atoms with E-state index >= 15 is 0 Å². The second-order valence-electron chi connectivity index (χ2n) is 5.03. The van der Waals surface area contributed by atoms with E-state index in [4.69, 9.17) is 16.7 Å². The highest BCUT2D eigenvalue weighted by Crippen LogP contribution is 2.18. The van der Waals surface area contributed by atoms with Crippen molar-refractivity contribution in [3.63, 3.8) is 0 Å². The van der Waals surface area contributed by atoms with Crippen LogP contribution in [-0.2, 0) is 11.2 Å². The van der Waals surface area contributed by atoms with Crippen molar-refractivity contribution < 1.29 is 9.90 Å². The Hall–Kier alpha value is -1.06. The molecule has 4 heteroatoms. The molecule has 1 rings (SSSR count). The number of halogens is 1. The lowest BCUT2D eigenvalue weighted by molar-refractivity contribution is -0.123. The molecular weight excluding hydrogens is 262 g/mol. The second-order valence-corrected chi connectivity index (χ2v) is 5.43. The van der Waals surface area contributed by atoms with Crippen molar-refractivity contribution in [2.24, 2.45) is 0 Å². The Morgan fingerprint density at radius 3 is 2.68 bits per heavy atom. The van der Waals surface area contributed by atoms with Gasteiger partial charge in [-0.05, 0) is 37.8 Å². The lowest BCUT2D eigenvalue weighted by atomic mass is 9.94. The van der Waals surface area contributed by atoms with E-state index in [1.807, 2.05) is 38.1 Å². The predicted octanol–water partition coefficient (Wildman–Crippen LogP) is 2.94. The van der Waals surface area contributed by atoms with Crippen LogP contribution in [-0.4, -0.2) is 23.2 Å². The van der Waals surface area contributed by atoms with Crippen LogP contribution in [0.4, 0.5) is 0 Å². The molecule has 0 spiro atoms. The normalized spacial score (nSPS) is 13.9. The van der Waals surface area contributed by atoms with Crippen molar-refractivity contribution in [3.05, 3.63) is 34.9 Å². The van der Waals surface area contributed by atoms with Crippen molar-refractivity contribution in [1.82, 2.24) is 5.32 Å². The maximum Gasteiger partial charge on any atom is 0.220 e. The maximum atomic E-state index is 11.9. The van der Waals surface area contributed by atoms with E-state index in [1.165, 1.54) is 0 Å². The van der Waals surface area contributed by atoms with Gasteiger partial charge in [0.15, 0.2) is 0 Å². The summed E-state index contributed by atoms with van der Waals surface area (Å²) in [6.45, 7) is 4.04. The highest BCUT2D eigenvalue weighted by molar-refractivity contribution is 6.31. The number of carbonyl (C=O) groups excluding carboxylic acids is 1. The molecule has 1 unspecified atom stereocenters. The minimum atomic E-state index is -0.327. The maximum absolute atomic E-state index is 11.9. The lowest BCUT2D eigenvalue weighted by Gasteiger charge is -2.29. The average Bonchev–Trinajstić information content (AvgIpc) is 2.38. The quantitative estimate of drug-likeness (QED) is 0.808. The zero-order chi connectivity index (χ0) is 14.3. The van der Waals surface area contributed by atoms with Crippen LogP contribution in [0.1, 0.15) is 38.7 Å². The molecule has 1 aromatic carbocycles. The molecule has 0 aliphatic carbocycles. The minimum absolute atomic E-state index is 0.00211. The Morgan fingerprint density at radius 1 is 1.42 bits per heavy atom. The molecule has 1 amide bonds. The molecular formula is C15H22ClNO2. The zero-order valence-electron chi connectivity index (χ0n) is 11.6. The summed E-state index contributed by atoms with van der Waals surface area (Å²) in [7, 11) is 0. The van der Waals surface area contributed by atoms with E-state index < -0.39 is 0 Å². The van der Waals surface area contributed by atoms with Gasteiger partial charge in [0.2, 0.25) is 5.91 Å².